The van der Waals surface area contributed by atoms with Crippen LogP contribution in [0.2, 0.25) is 0 Å². The van der Waals surface area contributed by atoms with Crippen LogP contribution >= 0.6 is 0 Å². The minimum absolute atomic E-state index is 0. The van der Waals surface area contributed by atoms with Gasteiger partial charge in [0.15, 0.2) is 0 Å². The number of rotatable bonds is 11. The average molecular weight is 222 g/mol. The molecule has 0 N–H and O–H groups in total. The van der Waals surface area contributed by atoms with Crippen molar-refractivity contribution in [1.82, 2.24) is 0 Å². The Labute approximate surface area is 120 Å². The Kier molecular flexibility index (Phi) is 21.3. The molecule has 0 spiro atoms. The first-order chi connectivity index (χ1) is 6.91. The molecule has 0 unspecified atom stereocenters. The van der Waals surface area contributed by atoms with Crippen LogP contribution in [0.25, 0.3) is 0 Å². The number of hydrogen-bond donors (Lipinski definition) is 0. The third-order valence-electron chi connectivity index (χ3n) is 2.96. The zero-order chi connectivity index (χ0) is 10.5. The van der Waals surface area contributed by atoms with E-state index in [-0.39, 0.29) is 29.6 Å². The second-order valence-electron chi connectivity index (χ2n) is 4.54. The van der Waals surface area contributed by atoms with Gasteiger partial charge in [0.1, 0.15) is 0 Å². The van der Waals surface area contributed by atoms with Gasteiger partial charge in [-0.05, 0) is 0 Å². The Bertz CT molecular complexity index is 79.3. The van der Waals surface area contributed by atoms with E-state index in [0.29, 0.717) is 0 Å². The summed E-state index contributed by atoms with van der Waals surface area (Å²) in [6.07, 6.45) is 17.4. The van der Waals surface area contributed by atoms with Gasteiger partial charge in [-0.3, -0.25) is 0 Å². The molecule has 0 heterocycles. The molecule has 0 saturated heterocycles. The molecular formula is C14H31Na. The summed E-state index contributed by atoms with van der Waals surface area (Å²) in [6, 6.07) is 0. The number of unbranched alkanes of at least 4 members (excludes halogenated alkanes) is 11. The van der Waals surface area contributed by atoms with E-state index in [1.54, 1.807) is 0 Å². The SMILES string of the molecule is CCCCCCCCCCCCCC.[NaH]. The van der Waals surface area contributed by atoms with E-state index in [9.17, 15) is 0 Å². The predicted octanol–water partition coefficient (Wildman–Crippen LogP) is 5.06. The quantitative estimate of drug-likeness (QED) is 0.338. The molecule has 0 aliphatic carbocycles. The molecule has 0 aliphatic rings. The second-order valence-corrected chi connectivity index (χ2v) is 4.54. The topological polar surface area (TPSA) is 0 Å². The Morgan fingerprint density at radius 2 is 0.600 bits per heavy atom. The molecule has 0 aromatic heterocycles. The maximum atomic E-state index is 2.29. The van der Waals surface area contributed by atoms with Crippen LogP contribution in [0, 0.1) is 0 Å². The molecule has 0 nitrogen and oxygen atoms in total. The van der Waals surface area contributed by atoms with Gasteiger partial charge in [-0.15, -0.1) is 0 Å². The fourth-order valence-electron chi connectivity index (χ4n) is 1.91. The van der Waals surface area contributed by atoms with E-state index in [1.165, 1.54) is 77.0 Å². The van der Waals surface area contributed by atoms with Crippen molar-refractivity contribution in [1.29, 1.82) is 0 Å². The van der Waals surface area contributed by atoms with Crippen LogP contribution in [-0.2, 0) is 0 Å². The Morgan fingerprint density at radius 1 is 0.400 bits per heavy atom. The third-order valence-corrected chi connectivity index (χ3v) is 2.96. The van der Waals surface area contributed by atoms with E-state index in [1.807, 2.05) is 0 Å². The van der Waals surface area contributed by atoms with Gasteiger partial charge in [0.25, 0.3) is 0 Å². The van der Waals surface area contributed by atoms with Gasteiger partial charge < -0.3 is 0 Å². The summed E-state index contributed by atoms with van der Waals surface area (Å²) in [5.41, 5.74) is 0. The van der Waals surface area contributed by atoms with Crippen LogP contribution in [0.3, 0.4) is 0 Å². The fraction of sp³-hybridized carbons (Fsp3) is 1.00. The molecule has 0 radical (unpaired) electrons. The fourth-order valence-corrected chi connectivity index (χ4v) is 1.91. The zero-order valence-electron chi connectivity index (χ0n) is 10.5. The molecule has 0 atom stereocenters. The van der Waals surface area contributed by atoms with Crippen molar-refractivity contribution in [2.75, 3.05) is 0 Å². The standard InChI is InChI=1S/C14H30.Na.H/c1-3-5-7-9-11-13-14-12-10-8-6-4-2;;/h3-14H2,1-2H3;;. The van der Waals surface area contributed by atoms with Gasteiger partial charge in [0.05, 0.1) is 0 Å². The molecular weight excluding hydrogens is 191 g/mol. The summed E-state index contributed by atoms with van der Waals surface area (Å²) < 4.78 is 0. The molecule has 0 bridgehead atoms. The summed E-state index contributed by atoms with van der Waals surface area (Å²) in [6.45, 7) is 4.57. The molecule has 0 saturated carbocycles. The third kappa shape index (κ3) is 17.6. The van der Waals surface area contributed by atoms with Gasteiger partial charge in [0, 0.05) is 0 Å². The Hall–Kier alpha value is 1.00. The van der Waals surface area contributed by atoms with Crippen LogP contribution in [-0.4, -0.2) is 29.6 Å². The van der Waals surface area contributed by atoms with Crippen molar-refractivity contribution in [2.24, 2.45) is 0 Å². The van der Waals surface area contributed by atoms with E-state index in [2.05, 4.69) is 13.8 Å². The Balaban J connectivity index is 0. The van der Waals surface area contributed by atoms with Crippen molar-refractivity contribution in [3.63, 3.8) is 0 Å². The van der Waals surface area contributed by atoms with Crippen molar-refractivity contribution in [3.05, 3.63) is 0 Å². The van der Waals surface area contributed by atoms with Crippen molar-refractivity contribution >= 4 is 29.6 Å². The van der Waals surface area contributed by atoms with Crippen LogP contribution < -0.4 is 0 Å². The molecule has 88 valence electrons. The zero-order valence-corrected chi connectivity index (χ0v) is 10.5. The molecule has 0 fully saturated rings. The van der Waals surface area contributed by atoms with Crippen LogP contribution in [0.5, 0.6) is 0 Å². The van der Waals surface area contributed by atoms with Crippen LogP contribution in [0.1, 0.15) is 90.9 Å². The first-order valence-electron chi connectivity index (χ1n) is 6.91. The summed E-state index contributed by atoms with van der Waals surface area (Å²) >= 11 is 0. The monoisotopic (exact) mass is 222 g/mol. The summed E-state index contributed by atoms with van der Waals surface area (Å²) in [7, 11) is 0. The summed E-state index contributed by atoms with van der Waals surface area (Å²) in [5.74, 6) is 0. The maximum absolute atomic E-state index is 2.29. The van der Waals surface area contributed by atoms with E-state index >= 15 is 0 Å². The normalized spacial score (nSPS) is 10.0. The minimum atomic E-state index is 0. The average Bonchev–Trinajstić information content (AvgIpc) is 2.21. The molecule has 0 aromatic carbocycles. The number of hydrogen-bond acceptors (Lipinski definition) is 0. The van der Waals surface area contributed by atoms with Gasteiger partial charge >= 0.3 is 29.6 Å². The van der Waals surface area contributed by atoms with Crippen LogP contribution in [0.15, 0.2) is 0 Å². The molecule has 15 heavy (non-hydrogen) atoms. The van der Waals surface area contributed by atoms with E-state index in [4.69, 9.17) is 0 Å². The van der Waals surface area contributed by atoms with Gasteiger partial charge in [-0.1, -0.05) is 90.9 Å². The molecule has 0 aromatic rings. The van der Waals surface area contributed by atoms with Gasteiger partial charge in [-0.25, -0.2) is 0 Å². The van der Waals surface area contributed by atoms with Crippen LogP contribution in [0.4, 0.5) is 0 Å². The molecule has 0 aliphatic heterocycles. The first kappa shape index (κ1) is 18.4. The summed E-state index contributed by atoms with van der Waals surface area (Å²) in [5, 5.41) is 0. The molecule has 0 rings (SSSR count). The van der Waals surface area contributed by atoms with Crippen molar-refractivity contribution in [2.45, 2.75) is 90.9 Å². The summed E-state index contributed by atoms with van der Waals surface area (Å²) in [4.78, 5) is 0. The predicted molar refractivity (Wildman–Crippen MR) is 73.9 cm³/mol. The first-order valence-corrected chi connectivity index (χ1v) is 6.91. The second kappa shape index (κ2) is 17.4. The van der Waals surface area contributed by atoms with Crippen molar-refractivity contribution < 1.29 is 0 Å². The van der Waals surface area contributed by atoms with Gasteiger partial charge in [0.2, 0.25) is 0 Å². The Morgan fingerprint density at radius 3 is 0.800 bits per heavy atom. The molecule has 1 heteroatoms. The van der Waals surface area contributed by atoms with E-state index < -0.39 is 0 Å². The van der Waals surface area contributed by atoms with Crippen molar-refractivity contribution in [3.8, 4) is 0 Å². The van der Waals surface area contributed by atoms with Gasteiger partial charge in [-0.2, -0.15) is 0 Å². The van der Waals surface area contributed by atoms with E-state index in [0.717, 1.165) is 0 Å². The molecule has 0 amide bonds.